The van der Waals surface area contributed by atoms with Crippen LogP contribution in [0.3, 0.4) is 0 Å². The van der Waals surface area contributed by atoms with Gasteiger partial charge in [-0.3, -0.25) is 0 Å². The van der Waals surface area contributed by atoms with E-state index in [2.05, 4.69) is 4.98 Å². The Kier molecular flexibility index (Phi) is 2.83. The third-order valence-corrected chi connectivity index (χ3v) is 3.60. The van der Waals surface area contributed by atoms with E-state index in [1.54, 1.807) is 11.3 Å². The number of aryl methyl sites for hydroxylation is 1. The molecule has 0 atom stereocenters. The summed E-state index contributed by atoms with van der Waals surface area (Å²) in [5.41, 5.74) is 1.45. The summed E-state index contributed by atoms with van der Waals surface area (Å²) >= 11 is 3.11. The highest BCUT2D eigenvalue weighted by molar-refractivity contribution is 7.16. The number of methoxy groups -OCH3 is 1. The standard InChI is InChI=1S/C10H9NO2S2/c1-6-11-8(10(12)13-2)9(15-6)7-3-4-14-5-7/h3-5H,1-2H3. The van der Waals surface area contributed by atoms with Crippen LogP contribution in [0.4, 0.5) is 0 Å². The summed E-state index contributed by atoms with van der Waals surface area (Å²) in [6, 6.07) is 1.98. The smallest absolute Gasteiger partial charge is 0.358 e. The van der Waals surface area contributed by atoms with E-state index in [-0.39, 0.29) is 5.97 Å². The minimum absolute atomic E-state index is 0.374. The molecule has 0 amide bonds. The van der Waals surface area contributed by atoms with Crippen molar-refractivity contribution in [3.63, 3.8) is 0 Å². The molecule has 0 fully saturated rings. The van der Waals surface area contributed by atoms with Gasteiger partial charge in [-0.1, -0.05) is 0 Å². The van der Waals surface area contributed by atoms with E-state index in [4.69, 9.17) is 4.74 Å². The molecule has 2 heterocycles. The van der Waals surface area contributed by atoms with E-state index in [0.29, 0.717) is 5.69 Å². The van der Waals surface area contributed by atoms with Gasteiger partial charge in [0, 0.05) is 5.56 Å². The van der Waals surface area contributed by atoms with Crippen molar-refractivity contribution in [3.8, 4) is 10.4 Å². The molecule has 0 unspecified atom stereocenters. The van der Waals surface area contributed by atoms with Crippen LogP contribution in [0.2, 0.25) is 0 Å². The second-order valence-corrected chi connectivity index (χ2v) is 4.90. The fourth-order valence-electron chi connectivity index (χ4n) is 1.25. The van der Waals surface area contributed by atoms with Gasteiger partial charge in [-0.2, -0.15) is 11.3 Å². The molecule has 2 rings (SSSR count). The molecule has 78 valence electrons. The number of thiazole rings is 1. The first-order chi connectivity index (χ1) is 7.22. The molecule has 0 radical (unpaired) electrons. The second kappa shape index (κ2) is 4.12. The highest BCUT2D eigenvalue weighted by atomic mass is 32.1. The van der Waals surface area contributed by atoms with Crippen molar-refractivity contribution in [2.45, 2.75) is 6.92 Å². The van der Waals surface area contributed by atoms with Gasteiger partial charge in [-0.05, 0) is 23.8 Å². The SMILES string of the molecule is COC(=O)c1nc(C)sc1-c1ccsc1. The fourth-order valence-corrected chi connectivity index (χ4v) is 2.88. The quantitative estimate of drug-likeness (QED) is 0.756. The fraction of sp³-hybridized carbons (Fsp3) is 0.200. The average molecular weight is 239 g/mol. The Morgan fingerprint density at radius 1 is 1.53 bits per heavy atom. The predicted molar refractivity (Wildman–Crippen MR) is 61.5 cm³/mol. The first-order valence-electron chi connectivity index (χ1n) is 4.30. The lowest BCUT2D eigenvalue weighted by atomic mass is 10.2. The van der Waals surface area contributed by atoms with E-state index in [1.807, 2.05) is 23.8 Å². The maximum atomic E-state index is 11.5. The number of hydrogen-bond donors (Lipinski definition) is 0. The summed E-state index contributed by atoms with van der Waals surface area (Å²) in [6.07, 6.45) is 0. The van der Waals surface area contributed by atoms with Crippen LogP contribution in [-0.4, -0.2) is 18.1 Å². The van der Waals surface area contributed by atoms with Gasteiger partial charge in [0.25, 0.3) is 0 Å². The van der Waals surface area contributed by atoms with Crippen LogP contribution in [0, 0.1) is 6.92 Å². The molecule has 15 heavy (non-hydrogen) atoms. The molecule has 0 aliphatic carbocycles. The maximum absolute atomic E-state index is 11.5. The summed E-state index contributed by atoms with van der Waals surface area (Å²) < 4.78 is 4.70. The van der Waals surface area contributed by atoms with Crippen LogP contribution in [0.15, 0.2) is 16.8 Å². The zero-order chi connectivity index (χ0) is 10.8. The number of carbonyl (C=O) groups excluding carboxylic acids is 1. The van der Waals surface area contributed by atoms with Crippen molar-refractivity contribution in [3.05, 3.63) is 27.5 Å². The van der Waals surface area contributed by atoms with Crippen LogP contribution < -0.4 is 0 Å². The van der Waals surface area contributed by atoms with E-state index in [0.717, 1.165) is 15.4 Å². The Balaban J connectivity index is 2.52. The molecule has 0 saturated carbocycles. The van der Waals surface area contributed by atoms with E-state index >= 15 is 0 Å². The highest BCUT2D eigenvalue weighted by Gasteiger charge is 2.18. The van der Waals surface area contributed by atoms with Gasteiger partial charge in [0.2, 0.25) is 0 Å². The largest absolute Gasteiger partial charge is 0.464 e. The van der Waals surface area contributed by atoms with Crippen molar-refractivity contribution in [1.82, 2.24) is 4.98 Å². The minimum atomic E-state index is -0.374. The summed E-state index contributed by atoms with van der Waals surface area (Å²) in [5.74, 6) is -0.374. The molecule has 3 nitrogen and oxygen atoms in total. The van der Waals surface area contributed by atoms with Crippen molar-refractivity contribution in [2.75, 3.05) is 7.11 Å². The molecular formula is C10H9NO2S2. The number of thiophene rings is 1. The topological polar surface area (TPSA) is 39.2 Å². The summed E-state index contributed by atoms with van der Waals surface area (Å²) in [7, 11) is 1.37. The summed E-state index contributed by atoms with van der Waals surface area (Å²) in [4.78, 5) is 16.5. The number of nitrogens with zero attached hydrogens (tertiary/aromatic N) is 1. The molecule has 0 bridgehead atoms. The van der Waals surface area contributed by atoms with Crippen LogP contribution in [0.1, 0.15) is 15.5 Å². The normalized spacial score (nSPS) is 10.3. The first kappa shape index (κ1) is 10.3. The molecular weight excluding hydrogens is 230 g/mol. The molecule has 0 aliphatic heterocycles. The zero-order valence-electron chi connectivity index (χ0n) is 8.31. The number of rotatable bonds is 2. The van der Waals surface area contributed by atoms with Crippen LogP contribution >= 0.6 is 22.7 Å². The van der Waals surface area contributed by atoms with E-state index in [1.165, 1.54) is 18.4 Å². The van der Waals surface area contributed by atoms with Gasteiger partial charge in [-0.15, -0.1) is 11.3 Å². The average Bonchev–Trinajstić information content (AvgIpc) is 2.84. The molecule has 2 aromatic rings. The third kappa shape index (κ3) is 1.93. The van der Waals surface area contributed by atoms with Crippen molar-refractivity contribution >= 4 is 28.6 Å². The number of hydrogen-bond acceptors (Lipinski definition) is 5. The molecule has 0 spiro atoms. The Morgan fingerprint density at radius 2 is 2.33 bits per heavy atom. The second-order valence-electron chi connectivity index (χ2n) is 2.91. The van der Waals surface area contributed by atoms with Crippen molar-refractivity contribution < 1.29 is 9.53 Å². The third-order valence-electron chi connectivity index (χ3n) is 1.90. The summed E-state index contributed by atoms with van der Waals surface area (Å²) in [6.45, 7) is 1.88. The molecule has 0 N–H and O–H groups in total. The van der Waals surface area contributed by atoms with Crippen molar-refractivity contribution in [1.29, 1.82) is 0 Å². The van der Waals surface area contributed by atoms with E-state index < -0.39 is 0 Å². The number of esters is 1. The predicted octanol–water partition coefficient (Wildman–Crippen LogP) is 2.97. The van der Waals surface area contributed by atoms with Crippen molar-refractivity contribution in [2.24, 2.45) is 0 Å². The number of aromatic nitrogens is 1. The van der Waals surface area contributed by atoms with Gasteiger partial charge in [0.1, 0.15) is 0 Å². The Hall–Kier alpha value is -1.20. The number of carbonyl (C=O) groups is 1. The Bertz CT molecular complexity index is 474. The monoisotopic (exact) mass is 239 g/mol. The van der Waals surface area contributed by atoms with Gasteiger partial charge < -0.3 is 4.74 Å². The minimum Gasteiger partial charge on any atom is -0.464 e. The van der Waals surface area contributed by atoms with Gasteiger partial charge in [0.15, 0.2) is 5.69 Å². The molecule has 0 saturated heterocycles. The lowest BCUT2D eigenvalue weighted by Crippen LogP contribution is -2.03. The maximum Gasteiger partial charge on any atom is 0.358 e. The lowest BCUT2D eigenvalue weighted by molar-refractivity contribution is 0.0595. The van der Waals surface area contributed by atoms with Gasteiger partial charge >= 0.3 is 5.97 Å². The number of ether oxygens (including phenoxy) is 1. The van der Waals surface area contributed by atoms with E-state index in [9.17, 15) is 4.79 Å². The Morgan fingerprint density at radius 3 is 2.93 bits per heavy atom. The van der Waals surface area contributed by atoms with Gasteiger partial charge in [0.05, 0.1) is 17.0 Å². The molecule has 5 heteroatoms. The Labute approximate surface area is 95.4 Å². The molecule has 2 aromatic heterocycles. The van der Waals surface area contributed by atoms with Crippen LogP contribution in [0.5, 0.6) is 0 Å². The van der Waals surface area contributed by atoms with Crippen LogP contribution in [-0.2, 0) is 4.74 Å². The van der Waals surface area contributed by atoms with Gasteiger partial charge in [-0.25, -0.2) is 9.78 Å². The summed E-state index contributed by atoms with van der Waals surface area (Å²) in [5, 5.41) is 4.85. The lowest BCUT2D eigenvalue weighted by Gasteiger charge is -1.97. The highest BCUT2D eigenvalue weighted by Crippen LogP contribution is 2.31. The molecule has 0 aromatic carbocycles. The first-order valence-corrected chi connectivity index (χ1v) is 6.06. The zero-order valence-corrected chi connectivity index (χ0v) is 9.95. The van der Waals surface area contributed by atoms with Crippen LogP contribution in [0.25, 0.3) is 10.4 Å². The molecule has 0 aliphatic rings.